The predicted molar refractivity (Wildman–Crippen MR) is 69.8 cm³/mol. The van der Waals surface area contributed by atoms with Crippen LogP contribution < -0.4 is 5.32 Å². The lowest BCUT2D eigenvalue weighted by atomic mass is 10.0. The van der Waals surface area contributed by atoms with E-state index in [-0.39, 0.29) is 11.9 Å². The Kier molecular flexibility index (Phi) is 4.10. The quantitative estimate of drug-likeness (QED) is 0.853. The number of aryl methyl sites for hydroxylation is 1. The molecule has 18 heavy (non-hydrogen) atoms. The molecule has 2 N–H and O–H groups in total. The zero-order chi connectivity index (χ0) is 13.0. The molecule has 0 saturated heterocycles. The molecule has 0 saturated carbocycles. The maximum absolute atomic E-state index is 13.5. The van der Waals surface area contributed by atoms with Gasteiger partial charge in [-0.3, -0.25) is 0 Å². The van der Waals surface area contributed by atoms with Crippen LogP contribution in [0.2, 0.25) is 0 Å². The number of H-pyrrole nitrogens is 1. The van der Waals surface area contributed by atoms with E-state index in [9.17, 15) is 4.39 Å². The average molecular weight is 247 g/mol. The van der Waals surface area contributed by atoms with Gasteiger partial charge in [0, 0.05) is 24.9 Å². The van der Waals surface area contributed by atoms with Crippen molar-refractivity contribution in [3.05, 3.63) is 53.4 Å². The lowest BCUT2D eigenvalue weighted by molar-refractivity contribution is 0.532. The normalized spacial score (nSPS) is 12.6. The molecule has 1 aromatic carbocycles. The molecule has 1 aromatic heterocycles. The van der Waals surface area contributed by atoms with Gasteiger partial charge in [-0.15, -0.1) is 0 Å². The first-order valence-electron chi connectivity index (χ1n) is 6.17. The zero-order valence-corrected chi connectivity index (χ0v) is 10.7. The van der Waals surface area contributed by atoms with Crippen molar-refractivity contribution in [1.29, 1.82) is 0 Å². The van der Waals surface area contributed by atoms with E-state index in [1.807, 2.05) is 19.9 Å². The van der Waals surface area contributed by atoms with Crippen LogP contribution in [0, 0.1) is 12.7 Å². The number of benzene rings is 1. The van der Waals surface area contributed by atoms with Crippen LogP contribution in [-0.4, -0.2) is 16.5 Å². The van der Waals surface area contributed by atoms with Crippen LogP contribution >= 0.6 is 0 Å². The first kappa shape index (κ1) is 12.8. The molecule has 0 fully saturated rings. The summed E-state index contributed by atoms with van der Waals surface area (Å²) >= 11 is 0. The minimum Gasteiger partial charge on any atom is -0.349 e. The van der Waals surface area contributed by atoms with Crippen LogP contribution in [0.3, 0.4) is 0 Å². The van der Waals surface area contributed by atoms with Gasteiger partial charge in [0.15, 0.2) is 0 Å². The highest BCUT2D eigenvalue weighted by molar-refractivity contribution is 5.27. The highest BCUT2D eigenvalue weighted by Gasteiger charge is 2.13. The average Bonchev–Trinajstić information content (AvgIpc) is 2.80. The molecule has 0 aliphatic heterocycles. The van der Waals surface area contributed by atoms with Crippen LogP contribution in [0.15, 0.2) is 30.6 Å². The number of aromatic nitrogens is 2. The van der Waals surface area contributed by atoms with Crippen molar-refractivity contribution < 1.29 is 4.39 Å². The molecule has 96 valence electrons. The van der Waals surface area contributed by atoms with Crippen LogP contribution in [0.25, 0.3) is 0 Å². The number of nitrogens with zero attached hydrogens (tertiary/aromatic N) is 1. The third-order valence-electron chi connectivity index (χ3n) is 2.87. The van der Waals surface area contributed by atoms with Crippen molar-refractivity contribution in [3.8, 4) is 0 Å². The van der Waals surface area contributed by atoms with E-state index in [4.69, 9.17) is 0 Å². The minimum absolute atomic E-state index is 0.0792. The Morgan fingerprint density at radius 3 is 2.83 bits per heavy atom. The summed E-state index contributed by atoms with van der Waals surface area (Å²) in [6.45, 7) is 4.78. The Morgan fingerprint density at radius 1 is 1.39 bits per heavy atom. The molecule has 1 unspecified atom stereocenters. The minimum atomic E-state index is -0.188. The van der Waals surface area contributed by atoms with E-state index in [2.05, 4.69) is 15.3 Å². The van der Waals surface area contributed by atoms with E-state index < -0.39 is 0 Å². The summed E-state index contributed by atoms with van der Waals surface area (Å²) in [7, 11) is 0. The molecule has 0 amide bonds. The van der Waals surface area contributed by atoms with Gasteiger partial charge in [-0.25, -0.2) is 9.37 Å². The zero-order valence-electron chi connectivity index (χ0n) is 10.7. The Bertz CT molecular complexity index is 473. The summed E-state index contributed by atoms with van der Waals surface area (Å²) in [6, 6.07) is 5.22. The Morgan fingerprint density at radius 2 is 2.22 bits per heavy atom. The van der Waals surface area contributed by atoms with Crippen molar-refractivity contribution in [1.82, 2.24) is 15.3 Å². The summed E-state index contributed by atoms with van der Waals surface area (Å²) in [4.78, 5) is 7.30. The predicted octanol–water partition coefficient (Wildman–Crippen LogP) is 2.75. The van der Waals surface area contributed by atoms with Gasteiger partial charge in [-0.1, -0.05) is 13.0 Å². The third-order valence-corrected chi connectivity index (χ3v) is 2.87. The van der Waals surface area contributed by atoms with Crippen molar-refractivity contribution in [2.24, 2.45) is 0 Å². The van der Waals surface area contributed by atoms with Gasteiger partial charge in [-0.05, 0) is 36.7 Å². The SMILES string of the molecule is CCNC(Cc1ncc[nH]1)c1cc(C)cc(F)c1. The van der Waals surface area contributed by atoms with E-state index in [1.165, 1.54) is 0 Å². The van der Waals surface area contributed by atoms with Gasteiger partial charge in [0.1, 0.15) is 11.6 Å². The molecular formula is C14H18FN3. The van der Waals surface area contributed by atoms with Crippen LogP contribution in [0.4, 0.5) is 4.39 Å². The lowest BCUT2D eigenvalue weighted by Crippen LogP contribution is -2.23. The Hall–Kier alpha value is -1.68. The summed E-state index contributed by atoms with van der Waals surface area (Å²) in [5, 5.41) is 3.36. The number of aromatic amines is 1. The smallest absolute Gasteiger partial charge is 0.123 e. The maximum atomic E-state index is 13.5. The lowest BCUT2D eigenvalue weighted by Gasteiger charge is -2.18. The standard InChI is InChI=1S/C14H18FN3/c1-3-16-13(9-14-17-4-5-18-14)11-6-10(2)7-12(15)8-11/h4-8,13,16H,3,9H2,1-2H3,(H,17,18). The fraction of sp³-hybridized carbons (Fsp3) is 0.357. The number of imidazole rings is 1. The van der Waals surface area contributed by atoms with Crippen LogP contribution in [0.5, 0.6) is 0 Å². The van der Waals surface area contributed by atoms with E-state index in [0.717, 1.165) is 29.9 Å². The fourth-order valence-electron chi connectivity index (χ4n) is 2.12. The van der Waals surface area contributed by atoms with Gasteiger partial charge in [0.05, 0.1) is 0 Å². The van der Waals surface area contributed by atoms with Crippen LogP contribution in [0.1, 0.15) is 29.9 Å². The maximum Gasteiger partial charge on any atom is 0.123 e. The van der Waals surface area contributed by atoms with Gasteiger partial charge in [-0.2, -0.15) is 0 Å². The van der Waals surface area contributed by atoms with Crippen molar-refractivity contribution in [2.45, 2.75) is 26.3 Å². The van der Waals surface area contributed by atoms with E-state index in [0.29, 0.717) is 0 Å². The van der Waals surface area contributed by atoms with E-state index >= 15 is 0 Å². The molecule has 0 spiro atoms. The number of likely N-dealkylation sites (N-methyl/N-ethyl adjacent to an activating group) is 1. The molecule has 0 aliphatic carbocycles. The van der Waals surface area contributed by atoms with Gasteiger partial charge in [0.2, 0.25) is 0 Å². The number of hydrogen-bond acceptors (Lipinski definition) is 2. The molecule has 1 heterocycles. The summed E-state index contributed by atoms with van der Waals surface area (Å²) in [6.07, 6.45) is 4.26. The van der Waals surface area contributed by atoms with Crippen LogP contribution in [-0.2, 0) is 6.42 Å². The highest BCUT2D eigenvalue weighted by atomic mass is 19.1. The van der Waals surface area contributed by atoms with Crippen molar-refractivity contribution in [2.75, 3.05) is 6.54 Å². The molecule has 4 heteroatoms. The molecule has 0 radical (unpaired) electrons. The topological polar surface area (TPSA) is 40.7 Å². The molecule has 0 bridgehead atoms. The second kappa shape index (κ2) is 5.78. The van der Waals surface area contributed by atoms with E-state index in [1.54, 1.807) is 24.5 Å². The molecule has 0 aliphatic rings. The van der Waals surface area contributed by atoms with Gasteiger partial charge >= 0.3 is 0 Å². The summed E-state index contributed by atoms with van der Waals surface area (Å²) in [5.41, 5.74) is 1.90. The number of rotatable bonds is 5. The second-order valence-electron chi connectivity index (χ2n) is 4.41. The third kappa shape index (κ3) is 3.17. The Labute approximate surface area is 106 Å². The molecular weight excluding hydrogens is 229 g/mol. The summed E-state index contributed by atoms with van der Waals surface area (Å²) < 4.78 is 13.5. The first-order valence-corrected chi connectivity index (χ1v) is 6.17. The fourth-order valence-corrected chi connectivity index (χ4v) is 2.12. The monoisotopic (exact) mass is 247 g/mol. The second-order valence-corrected chi connectivity index (χ2v) is 4.41. The Balaban J connectivity index is 2.23. The van der Waals surface area contributed by atoms with Crippen molar-refractivity contribution >= 4 is 0 Å². The van der Waals surface area contributed by atoms with Gasteiger partial charge < -0.3 is 10.3 Å². The molecule has 3 nitrogen and oxygen atoms in total. The molecule has 1 atom stereocenters. The number of hydrogen-bond donors (Lipinski definition) is 2. The largest absolute Gasteiger partial charge is 0.349 e. The number of nitrogens with one attached hydrogen (secondary N) is 2. The first-order chi connectivity index (χ1) is 8.69. The van der Waals surface area contributed by atoms with Crippen molar-refractivity contribution in [3.63, 3.8) is 0 Å². The molecule has 2 aromatic rings. The summed E-state index contributed by atoms with van der Waals surface area (Å²) in [5.74, 6) is 0.718. The van der Waals surface area contributed by atoms with Gasteiger partial charge in [0.25, 0.3) is 0 Å². The molecule has 2 rings (SSSR count). The highest BCUT2D eigenvalue weighted by Crippen LogP contribution is 2.19. The number of halogens is 1.